The van der Waals surface area contributed by atoms with Crippen LogP contribution in [-0.4, -0.2) is 55.2 Å². The number of ether oxygens (including phenoxy) is 3. The fraction of sp³-hybridized carbons (Fsp3) is 0.292. The van der Waals surface area contributed by atoms with E-state index in [0.29, 0.717) is 60.0 Å². The van der Waals surface area contributed by atoms with Gasteiger partial charge in [0.05, 0.1) is 38.4 Å². The van der Waals surface area contributed by atoms with Gasteiger partial charge in [0.25, 0.3) is 11.8 Å². The second-order valence-electron chi connectivity index (χ2n) is 15.3. The van der Waals surface area contributed by atoms with Crippen LogP contribution in [0.1, 0.15) is 83.0 Å². The molecule has 6 N–H and O–H groups in total. The van der Waals surface area contributed by atoms with Gasteiger partial charge in [-0.05, 0) is 102 Å². The van der Waals surface area contributed by atoms with Crippen LogP contribution in [0.4, 0.5) is 42.6 Å². The van der Waals surface area contributed by atoms with E-state index in [4.69, 9.17) is 14.2 Å². The monoisotopic (exact) mass is 920 g/mol. The molecule has 0 atom stereocenters. The van der Waals surface area contributed by atoms with Gasteiger partial charge in [0.2, 0.25) is 5.75 Å². The lowest BCUT2D eigenvalue weighted by Crippen LogP contribution is -2.19. The molecule has 2 heterocycles. The highest BCUT2D eigenvalue weighted by Crippen LogP contribution is 2.40. The summed E-state index contributed by atoms with van der Waals surface area (Å²) in [6, 6.07) is 18.2. The van der Waals surface area contributed by atoms with Crippen molar-refractivity contribution in [3.8, 4) is 17.2 Å². The first-order chi connectivity index (χ1) is 30.9. The molecule has 342 valence electrons. The average molecular weight is 921 g/mol. The standard InChI is InChI=1S/C24H28N4O5S.C24H28N4O2S/c1-12-8-13(2)19(14(3)9-12)27-22(29)21-15(4)25-24(34-21)28-23(30)26-16-10-17(31-5)20(33-7)18(11-16)32-6;1-6-7-18-8-10-19(11-9-18)26-23(30)28-24-25-17(5)21(31-24)22(29)27-20-15(3)12-14(2)13-16(20)4/h8-11H,1-7H3,(H,27,29)(H2,25,26,28,30);8-13H,6-7H2,1-5H3,(H,27,29)(H2,25,26,28,30). The highest BCUT2D eigenvalue weighted by atomic mass is 32.1. The summed E-state index contributed by atoms with van der Waals surface area (Å²) in [4.78, 5) is 60.2. The van der Waals surface area contributed by atoms with Crippen LogP contribution >= 0.6 is 22.7 Å². The van der Waals surface area contributed by atoms with Crippen molar-refractivity contribution in [3.05, 3.63) is 121 Å². The molecule has 0 fully saturated rings. The Morgan fingerprint density at radius 1 is 0.523 bits per heavy atom. The Hall–Kier alpha value is -6.98. The maximum atomic E-state index is 12.9. The smallest absolute Gasteiger partial charge is 0.325 e. The topological polar surface area (TPSA) is 194 Å². The molecule has 4 aromatic carbocycles. The van der Waals surface area contributed by atoms with Gasteiger partial charge >= 0.3 is 12.1 Å². The SMILES string of the molecule is CCCc1ccc(NC(=O)Nc2nc(C)c(C(=O)Nc3c(C)cc(C)cc3C)s2)cc1.COc1cc(NC(=O)Nc2nc(C)c(C(=O)Nc3c(C)cc(C)cc3C)s2)cc(OC)c1OC. The number of nitrogens with one attached hydrogen (secondary N) is 6. The third kappa shape index (κ3) is 12.8. The Morgan fingerprint density at radius 3 is 1.29 bits per heavy atom. The minimum atomic E-state index is -0.528. The second kappa shape index (κ2) is 22.1. The summed E-state index contributed by atoms with van der Waals surface area (Å²) in [7, 11) is 4.48. The van der Waals surface area contributed by atoms with E-state index in [0.717, 1.165) is 80.3 Å². The zero-order valence-corrected chi connectivity index (χ0v) is 40.4. The number of benzene rings is 4. The molecular weight excluding hydrogens is 865 g/mol. The van der Waals surface area contributed by atoms with Crippen LogP contribution in [0.3, 0.4) is 0 Å². The van der Waals surface area contributed by atoms with Crippen molar-refractivity contribution in [2.45, 2.75) is 75.2 Å². The number of amides is 6. The molecule has 65 heavy (non-hydrogen) atoms. The van der Waals surface area contributed by atoms with E-state index in [1.54, 1.807) is 26.0 Å². The quantitative estimate of drug-likeness (QED) is 0.0653. The van der Waals surface area contributed by atoms with E-state index >= 15 is 0 Å². The van der Waals surface area contributed by atoms with Crippen molar-refractivity contribution in [1.82, 2.24) is 9.97 Å². The molecule has 0 aliphatic carbocycles. The molecule has 6 rings (SSSR count). The number of carbonyl (C=O) groups is 4. The molecule has 0 spiro atoms. The van der Waals surface area contributed by atoms with Crippen molar-refractivity contribution in [2.24, 2.45) is 0 Å². The largest absolute Gasteiger partial charge is 0.493 e. The highest BCUT2D eigenvalue weighted by Gasteiger charge is 2.21. The van der Waals surface area contributed by atoms with Crippen molar-refractivity contribution < 1.29 is 33.4 Å². The predicted molar refractivity (Wildman–Crippen MR) is 263 cm³/mol. The Morgan fingerprint density at radius 2 is 0.923 bits per heavy atom. The van der Waals surface area contributed by atoms with Crippen molar-refractivity contribution >= 4 is 79.6 Å². The fourth-order valence-corrected chi connectivity index (χ4v) is 8.85. The van der Waals surface area contributed by atoms with E-state index in [1.807, 2.05) is 90.1 Å². The number of hydrogen-bond donors (Lipinski definition) is 6. The summed E-state index contributed by atoms with van der Waals surface area (Å²) in [5.41, 5.74) is 11.3. The Bertz CT molecular complexity index is 2640. The minimum Gasteiger partial charge on any atom is -0.493 e. The number of methoxy groups -OCH3 is 3. The number of hydrogen-bond acceptors (Lipinski definition) is 11. The summed E-state index contributed by atoms with van der Waals surface area (Å²) >= 11 is 2.25. The van der Waals surface area contributed by atoms with E-state index in [-0.39, 0.29) is 11.8 Å². The van der Waals surface area contributed by atoms with Crippen molar-refractivity contribution in [3.63, 3.8) is 0 Å². The Balaban J connectivity index is 0.000000245. The van der Waals surface area contributed by atoms with Crippen molar-refractivity contribution in [2.75, 3.05) is 53.2 Å². The average Bonchev–Trinajstić information content (AvgIpc) is 3.80. The Labute approximate surface area is 387 Å². The summed E-state index contributed by atoms with van der Waals surface area (Å²) in [5, 5.41) is 17.5. The van der Waals surface area contributed by atoms with Gasteiger partial charge in [0.1, 0.15) is 9.75 Å². The van der Waals surface area contributed by atoms with E-state index in [2.05, 4.69) is 48.8 Å². The number of aromatic nitrogens is 2. The summed E-state index contributed by atoms with van der Waals surface area (Å²) in [6.45, 7) is 17.5. The molecule has 0 radical (unpaired) electrons. The van der Waals surface area contributed by atoms with Gasteiger partial charge in [-0.15, -0.1) is 0 Å². The van der Waals surface area contributed by atoms with E-state index in [9.17, 15) is 19.2 Å². The molecule has 2 aromatic heterocycles. The predicted octanol–water partition coefficient (Wildman–Crippen LogP) is 11.5. The molecular formula is C48H56N8O7S2. The van der Waals surface area contributed by atoms with Crippen LogP contribution in [0, 0.1) is 55.4 Å². The second-order valence-corrected chi connectivity index (χ2v) is 17.3. The van der Waals surface area contributed by atoms with Crippen LogP contribution in [0.5, 0.6) is 17.2 Å². The van der Waals surface area contributed by atoms with E-state index < -0.39 is 12.1 Å². The summed E-state index contributed by atoms with van der Waals surface area (Å²) < 4.78 is 15.9. The number of nitrogens with zero attached hydrogens (tertiary/aromatic N) is 2. The lowest BCUT2D eigenvalue weighted by molar-refractivity contribution is 0.102. The molecule has 0 bridgehead atoms. The van der Waals surface area contributed by atoms with Crippen LogP contribution in [0.25, 0.3) is 0 Å². The molecule has 0 saturated heterocycles. The van der Waals surface area contributed by atoms with Gasteiger partial charge in [-0.25, -0.2) is 19.6 Å². The summed E-state index contributed by atoms with van der Waals surface area (Å²) in [5.74, 6) is 0.722. The number of rotatable bonds is 13. The number of urea groups is 2. The van der Waals surface area contributed by atoms with E-state index in [1.165, 1.54) is 26.9 Å². The molecule has 0 aliphatic heterocycles. The maximum Gasteiger partial charge on any atom is 0.325 e. The molecule has 6 aromatic rings. The van der Waals surface area contributed by atoms with Gasteiger partial charge in [-0.2, -0.15) is 0 Å². The third-order valence-electron chi connectivity index (χ3n) is 9.95. The van der Waals surface area contributed by atoms with Crippen molar-refractivity contribution in [1.29, 1.82) is 0 Å². The third-order valence-corrected chi connectivity index (χ3v) is 12.1. The Kier molecular flexibility index (Phi) is 16.7. The minimum absolute atomic E-state index is 0.231. The molecule has 0 saturated carbocycles. The zero-order chi connectivity index (χ0) is 47.5. The summed E-state index contributed by atoms with van der Waals surface area (Å²) in [6.07, 6.45) is 2.09. The number of anilines is 6. The van der Waals surface area contributed by atoms with Gasteiger partial charge in [0.15, 0.2) is 21.8 Å². The van der Waals surface area contributed by atoms with Gasteiger partial charge in [-0.1, -0.05) is 83.5 Å². The van der Waals surface area contributed by atoms with Crippen LogP contribution < -0.4 is 46.1 Å². The fourth-order valence-electron chi connectivity index (χ4n) is 7.13. The number of carbonyl (C=O) groups excluding carboxylic acids is 4. The highest BCUT2D eigenvalue weighted by molar-refractivity contribution is 7.18. The maximum absolute atomic E-state index is 12.9. The molecule has 0 unspecified atom stereocenters. The molecule has 0 aliphatic rings. The molecule has 15 nitrogen and oxygen atoms in total. The first-order valence-electron chi connectivity index (χ1n) is 20.7. The first-order valence-corrected chi connectivity index (χ1v) is 22.3. The normalized spacial score (nSPS) is 10.5. The van der Waals surface area contributed by atoms with Gasteiger partial charge in [-0.3, -0.25) is 20.2 Å². The first kappa shape index (κ1) is 49.0. The number of aryl methyl sites for hydroxylation is 9. The molecule has 6 amide bonds. The van der Waals surface area contributed by atoms with Crippen LogP contribution in [0.2, 0.25) is 0 Å². The lowest BCUT2D eigenvalue weighted by atomic mass is 10.1. The van der Waals surface area contributed by atoms with Gasteiger partial charge in [0, 0.05) is 29.2 Å². The number of thiazole rings is 2. The molecule has 17 heteroatoms. The zero-order valence-electron chi connectivity index (χ0n) is 38.8. The van der Waals surface area contributed by atoms with Gasteiger partial charge < -0.3 is 35.5 Å². The lowest BCUT2D eigenvalue weighted by Gasteiger charge is -2.14. The van der Waals surface area contributed by atoms with Crippen LogP contribution in [-0.2, 0) is 6.42 Å². The van der Waals surface area contributed by atoms with Crippen LogP contribution in [0.15, 0.2) is 60.7 Å².